The second-order valence-electron chi connectivity index (χ2n) is 4.24. The molecule has 1 heterocycles. The zero-order valence-electron chi connectivity index (χ0n) is 9.95. The molecule has 1 aromatic rings. The Morgan fingerprint density at radius 1 is 1.44 bits per heavy atom. The van der Waals surface area contributed by atoms with Gasteiger partial charge in [-0.15, -0.1) is 0 Å². The second kappa shape index (κ2) is 5.48. The van der Waals surface area contributed by atoms with Gasteiger partial charge in [-0.2, -0.15) is 11.8 Å². The summed E-state index contributed by atoms with van der Waals surface area (Å²) in [5, 5.41) is 3.60. The number of ether oxygens (including phenoxy) is 1. The van der Waals surface area contributed by atoms with Gasteiger partial charge in [0.2, 0.25) is 0 Å². The van der Waals surface area contributed by atoms with Crippen LogP contribution in [0.25, 0.3) is 0 Å². The number of hydrogen-bond donors (Lipinski definition) is 1. The summed E-state index contributed by atoms with van der Waals surface area (Å²) >= 11 is 2.05. The Labute approximate surface area is 102 Å². The minimum atomic E-state index is 0.631. The Bertz CT molecular complexity index is 348. The van der Waals surface area contributed by atoms with Gasteiger partial charge in [-0.3, -0.25) is 0 Å². The van der Waals surface area contributed by atoms with E-state index in [1.54, 1.807) is 7.11 Å². The summed E-state index contributed by atoms with van der Waals surface area (Å²) in [5.74, 6) is 3.51. The van der Waals surface area contributed by atoms with Crippen LogP contribution in [0.1, 0.15) is 18.4 Å². The van der Waals surface area contributed by atoms with Crippen molar-refractivity contribution in [2.24, 2.45) is 0 Å². The maximum absolute atomic E-state index is 5.26. The van der Waals surface area contributed by atoms with Crippen molar-refractivity contribution in [1.82, 2.24) is 0 Å². The van der Waals surface area contributed by atoms with Crippen LogP contribution in [0.4, 0.5) is 5.69 Å². The van der Waals surface area contributed by atoms with E-state index in [4.69, 9.17) is 4.74 Å². The standard InChI is InChI=1S/C13H19NOS/c1-10-8-11(5-6-13(10)15-2)14-12-4-3-7-16-9-12/h5-6,8,12,14H,3-4,7,9H2,1-2H3. The molecule has 0 aliphatic carbocycles. The lowest BCUT2D eigenvalue weighted by Crippen LogP contribution is -2.25. The molecule has 1 unspecified atom stereocenters. The van der Waals surface area contributed by atoms with Gasteiger partial charge in [0.15, 0.2) is 0 Å². The zero-order chi connectivity index (χ0) is 11.4. The third-order valence-corrected chi connectivity index (χ3v) is 4.14. The SMILES string of the molecule is COc1ccc(NC2CCCSC2)cc1C. The molecule has 2 rings (SSSR count). The molecular formula is C13H19NOS. The lowest BCUT2D eigenvalue weighted by Gasteiger charge is -2.23. The molecule has 0 amide bonds. The highest BCUT2D eigenvalue weighted by Crippen LogP contribution is 2.24. The van der Waals surface area contributed by atoms with E-state index in [2.05, 4.69) is 24.4 Å². The van der Waals surface area contributed by atoms with E-state index in [1.807, 2.05) is 17.8 Å². The molecule has 3 heteroatoms. The number of benzene rings is 1. The van der Waals surface area contributed by atoms with Gasteiger partial charge in [0.25, 0.3) is 0 Å². The summed E-state index contributed by atoms with van der Waals surface area (Å²) in [5.41, 5.74) is 2.40. The summed E-state index contributed by atoms with van der Waals surface area (Å²) in [6, 6.07) is 6.93. The summed E-state index contributed by atoms with van der Waals surface area (Å²) in [6.45, 7) is 2.08. The van der Waals surface area contributed by atoms with Crippen molar-refractivity contribution in [2.75, 3.05) is 23.9 Å². The minimum absolute atomic E-state index is 0.631. The van der Waals surface area contributed by atoms with Crippen LogP contribution in [0, 0.1) is 6.92 Å². The lowest BCUT2D eigenvalue weighted by molar-refractivity contribution is 0.412. The number of thioether (sulfide) groups is 1. The van der Waals surface area contributed by atoms with E-state index in [-0.39, 0.29) is 0 Å². The summed E-state index contributed by atoms with van der Waals surface area (Å²) < 4.78 is 5.26. The molecule has 0 aromatic heterocycles. The largest absolute Gasteiger partial charge is 0.496 e. The zero-order valence-corrected chi connectivity index (χ0v) is 10.8. The van der Waals surface area contributed by atoms with Crippen LogP contribution in [0.15, 0.2) is 18.2 Å². The Hall–Kier alpha value is -0.830. The predicted molar refractivity (Wildman–Crippen MR) is 71.7 cm³/mol. The van der Waals surface area contributed by atoms with E-state index in [0.717, 1.165) is 5.75 Å². The van der Waals surface area contributed by atoms with Crippen molar-refractivity contribution < 1.29 is 4.74 Å². The van der Waals surface area contributed by atoms with Crippen LogP contribution in [-0.4, -0.2) is 24.7 Å². The van der Waals surface area contributed by atoms with Gasteiger partial charge in [-0.25, -0.2) is 0 Å². The molecule has 2 nitrogen and oxygen atoms in total. The first-order valence-electron chi connectivity index (χ1n) is 5.78. The smallest absolute Gasteiger partial charge is 0.121 e. The van der Waals surface area contributed by atoms with E-state index in [1.165, 1.54) is 35.6 Å². The third-order valence-electron chi connectivity index (χ3n) is 2.93. The number of anilines is 1. The summed E-state index contributed by atoms with van der Waals surface area (Å²) in [7, 11) is 1.72. The molecule has 0 bridgehead atoms. The number of rotatable bonds is 3. The highest BCUT2D eigenvalue weighted by Gasteiger charge is 2.13. The Kier molecular flexibility index (Phi) is 3.99. The topological polar surface area (TPSA) is 21.3 Å². The lowest BCUT2D eigenvalue weighted by atomic mass is 10.1. The Balaban J connectivity index is 2.01. The van der Waals surface area contributed by atoms with Gasteiger partial charge in [-0.05, 0) is 49.3 Å². The highest BCUT2D eigenvalue weighted by molar-refractivity contribution is 7.99. The highest BCUT2D eigenvalue weighted by atomic mass is 32.2. The molecule has 0 saturated carbocycles. The quantitative estimate of drug-likeness (QED) is 0.871. The van der Waals surface area contributed by atoms with Crippen LogP contribution in [0.3, 0.4) is 0 Å². The fraction of sp³-hybridized carbons (Fsp3) is 0.538. The molecule has 1 saturated heterocycles. The molecule has 1 fully saturated rings. The van der Waals surface area contributed by atoms with E-state index < -0.39 is 0 Å². The molecule has 0 spiro atoms. The molecule has 1 aromatic carbocycles. The summed E-state index contributed by atoms with van der Waals surface area (Å²) in [4.78, 5) is 0. The molecule has 1 atom stereocenters. The first kappa shape index (κ1) is 11.6. The van der Waals surface area contributed by atoms with Crippen LogP contribution >= 0.6 is 11.8 Å². The molecule has 88 valence electrons. The normalized spacial score (nSPS) is 20.5. The third kappa shape index (κ3) is 2.85. The van der Waals surface area contributed by atoms with Gasteiger partial charge >= 0.3 is 0 Å². The first-order chi connectivity index (χ1) is 7.79. The van der Waals surface area contributed by atoms with Crippen LogP contribution in [-0.2, 0) is 0 Å². The molecular weight excluding hydrogens is 218 g/mol. The van der Waals surface area contributed by atoms with Gasteiger partial charge in [0.1, 0.15) is 5.75 Å². The molecule has 16 heavy (non-hydrogen) atoms. The number of nitrogens with one attached hydrogen (secondary N) is 1. The van der Waals surface area contributed by atoms with Gasteiger partial charge in [-0.1, -0.05) is 0 Å². The maximum Gasteiger partial charge on any atom is 0.121 e. The average Bonchev–Trinajstić information content (AvgIpc) is 2.31. The van der Waals surface area contributed by atoms with Crippen LogP contribution in [0.2, 0.25) is 0 Å². The van der Waals surface area contributed by atoms with Crippen molar-refractivity contribution in [2.45, 2.75) is 25.8 Å². The van der Waals surface area contributed by atoms with Crippen molar-refractivity contribution >= 4 is 17.4 Å². The fourth-order valence-corrected chi connectivity index (χ4v) is 3.13. The van der Waals surface area contributed by atoms with Crippen LogP contribution < -0.4 is 10.1 Å². The Morgan fingerprint density at radius 2 is 2.31 bits per heavy atom. The van der Waals surface area contributed by atoms with Crippen molar-refractivity contribution in [1.29, 1.82) is 0 Å². The van der Waals surface area contributed by atoms with Crippen molar-refractivity contribution in [3.8, 4) is 5.75 Å². The molecule has 1 N–H and O–H groups in total. The predicted octanol–water partition coefficient (Wildman–Crippen LogP) is 3.31. The number of aryl methyl sites for hydroxylation is 1. The van der Waals surface area contributed by atoms with Gasteiger partial charge < -0.3 is 10.1 Å². The van der Waals surface area contributed by atoms with Gasteiger partial charge in [0.05, 0.1) is 7.11 Å². The van der Waals surface area contributed by atoms with E-state index in [0.29, 0.717) is 6.04 Å². The number of hydrogen-bond acceptors (Lipinski definition) is 3. The van der Waals surface area contributed by atoms with Gasteiger partial charge in [0, 0.05) is 17.5 Å². The first-order valence-corrected chi connectivity index (χ1v) is 6.94. The minimum Gasteiger partial charge on any atom is -0.496 e. The number of methoxy groups -OCH3 is 1. The van der Waals surface area contributed by atoms with E-state index in [9.17, 15) is 0 Å². The monoisotopic (exact) mass is 237 g/mol. The fourth-order valence-electron chi connectivity index (χ4n) is 2.06. The van der Waals surface area contributed by atoms with E-state index >= 15 is 0 Å². The summed E-state index contributed by atoms with van der Waals surface area (Å²) in [6.07, 6.45) is 2.62. The van der Waals surface area contributed by atoms with Crippen molar-refractivity contribution in [3.63, 3.8) is 0 Å². The van der Waals surface area contributed by atoms with Crippen molar-refractivity contribution in [3.05, 3.63) is 23.8 Å². The average molecular weight is 237 g/mol. The van der Waals surface area contributed by atoms with Crippen LogP contribution in [0.5, 0.6) is 5.75 Å². The molecule has 0 radical (unpaired) electrons. The maximum atomic E-state index is 5.26. The second-order valence-corrected chi connectivity index (χ2v) is 5.39. The Morgan fingerprint density at radius 3 is 2.94 bits per heavy atom. The molecule has 1 aliphatic rings. The molecule has 1 aliphatic heterocycles.